The van der Waals surface area contributed by atoms with Crippen LogP contribution in [0.15, 0.2) is 52.8 Å². The molecule has 0 saturated carbocycles. The monoisotopic (exact) mass is 454 g/mol. The van der Waals surface area contributed by atoms with Gasteiger partial charge in [-0.25, -0.2) is 0 Å². The van der Waals surface area contributed by atoms with Gasteiger partial charge in [-0.2, -0.15) is 0 Å². The molecule has 29 heavy (non-hydrogen) atoms. The van der Waals surface area contributed by atoms with E-state index in [2.05, 4.69) is 51.8 Å². The number of methoxy groups -OCH3 is 1. The van der Waals surface area contributed by atoms with Crippen LogP contribution < -0.4 is 9.47 Å². The van der Waals surface area contributed by atoms with Crippen molar-refractivity contribution < 1.29 is 14.3 Å². The fourth-order valence-corrected chi connectivity index (χ4v) is 3.93. The van der Waals surface area contributed by atoms with E-state index in [-0.39, 0.29) is 5.78 Å². The molecule has 4 rings (SSSR count). The van der Waals surface area contributed by atoms with Gasteiger partial charge in [-0.3, -0.25) is 4.79 Å². The molecule has 1 aromatic heterocycles. The molecule has 3 aromatic rings. The van der Waals surface area contributed by atoms with Gasteiger partial charge in [0.1, 0.15) is 11.5 Å². The van der Waals surface area contributed by atoms with E-state index in [0.29, 0.717) is 17.1 Å². The van der Waals surface area contributed by atoms with Crippen LogP contribution in [0.4, 0.5) is 0 Å². The van der Waals surface area contributed by atoms with E-state index < -0.39 is 0 Å². The van der Waals surface area contributed by atoms with Gasteiger partial charge in [-0.05, 0) is 69.5 Å². The lowest BCUT2D eigenvalue weighted by Crippen LogP contribution is -2.14. The van der Waals surface area contributed by atoms with Crippen molar-refractivity contribution in [1.82, 2.24) is 9.47 Å². The highest BCUT2D eigenvalue weighted by molar-refractivity contribution is 9.10. The number of ether oxygens (including phenoxy) is 2. The Morgan fingerprint density at radius 3 is 2.79 bits per heavy atom. The standard InChI is InChI=1S/C23H23BrN2O3/c1-25(2)9-4-10-26-14-15(19-13-17(28-3)6-8-20(19)26)11-22-23(27)18-7-5-16(24)12-21(18)29-22/h5-8,11-14H,4,9-10H2,1-3H3. The maximum Gasteiger partial charge on any atom is 0.231 e. The van der Waals surface area contributed by atoms with Crippen LogP contribution in [0.2, 0.25) is 0 Å². The van der Waals surface area contributed by atoms with Crippen molar-refractivity contribution in [3.05, 3.63) is 64.0 Å². The number of carbonyl (C=O) groups is 1. The highest BCUT2D eigenvalue weighted by Crippen LogP contribution is 2.35. The van der Waals surface area contributed by atoms with Crippen molar-refractivity contribution in [3.8, 4) is 11.5 Å². The summed E-state index contributed by atoms with van der Waals surface area (Å²) in [4.78, 5) is 15.0. The Morgan fingerprint density at radius 2 is 2.03 bits per heavy atom. The van der Waals surface area contributed by atoms with Gasteiger partial charge in [0, 0.05) is 33.7 Å². The molecule has 150 valence electrons. The molecule has 0 aliphatic carbocycles. The summed E-state index contributed by atoms with van der Waals surface area (Å²) in [6, 6.07) is 11.5. The SMILES string of the molecule is COc1ccc2c(c1)c(C=C1Oc3cc(Br)ccc3C1=O)cn2CCCN(C)C. The minimum atomic E-state index is -0.0936. The summed E-state index contributed by atoms with van der Waals surface area (Å²) in [5.41, 5.74) is 2.65. The molecule has 1 aliphatic rings. The zero-order valence-corrected chi connectivity index (χ0v) is 18.3. The first kappa shape index (κ1) is 19.7. The summed E-state index contributed by atoms with van der Waals surface area (Å²) in [5.74, 6) is 1.62. The number of fused-ring (bicyclic) bond motifs is 2. The molecule has 2 aromatic carbocycles. The normalized spacial score (nSPS) is 14.7. The molecular formula is C23H23BrN2O3. The number of nitrogens with zero attached hydrogens (tertiary/aromatic N) is 2. The third kappa shape index (κ3) is 3.95. The first-order chi connectivity index (χ1) is 14.0. The molecule has 0 amide bonds. The molecular weight excluding hydrogens is 432 g/mol. The number of hydrogen-bond donors (Lipinski definition) is 0. The van der Waals surface area contributed by atoms with Crippen LogP contribution in [0, 0.1) is 0 Å². The second-order valence-corrected chi connectivity index (χ2v) is 8.31. The van der Waals surface area contributed by atoms with Crippen LogP contribution in [-0.2, 0) is 6.54 Å². The number of Topliss-reactive ketones (excluding diaryl/α,β-unsaturated/α-hetero) is 1. The molecule has 0 fully saturated rings. The molecule has 1 aliphatic heterocycles. The van der Waals surface area contributed by atoms with Crippen molar-refractivity contribution in [2.75, 3.05) is 27.7 Å². The summed E-state index contributed by atoms with van der Waals surface area (Å²) in [7, 11) is 5.81. The average Bonchev–Trinajstić information content (AvgIpc) is 3.19. The van der Waals surface area contributed by atoms with Crippen molar-refractivity contribution in [3.63, 3.8) is 0 Å². The Hall–Kier alpha value is -2.57. The van der Waals surface area contributed by atoms with Gasteiger partial charge in [0.25, 0.3) is 0 Å². The highest BCUT2D eigenvalue weighted by atomic mass is 79.9. The van der Waals surface area contributed by atoms with Crippen molar-refractivity contribution in [1.29, 1.82) is 0 Å². The number of halogens is 1. The molecule has 0 saturated heterocycles. The number of benzene rings is 2. The number of rotatable bonds is 6. The van der Waals surface area contributed by atoms with E-state index in [1.165, 1.54) is 0 Å². The zero-order chi connectivity index (χ0) is 20.5. The van der Waals surface area contributed by atoms with Crippen LogP contribution in [-0.4, -0.2) is 43.0 Å². The number of allylic oxidation sites excluding steroid dienone is 1. The van der Waals surface area contributed by atoms with Crippen LogP contribution in [0.5, 0.6) is 11.5 Å². The second-order valence-electron chi connectivity index (χ2n) is 7.40. The van der Waals surface area contributed by atoms with Gasteiger partial charge in [-0.1, -0.05) is 15.9 Å². The lowest BCUT2D eigenvalue weighted by molar-refractivity contribution is 0.101. The van der Waals surface area contributed by atoms with Crippen molar-refractivity contribution >= 4 is 38.7 Å². The quantitative estimate of drug-likeness (QED) is 0.492. The lowest BCUT2D eigenvalue weighted by atomic mass is 10.1. The summed E-state index contributed by atoms with van der Waals surface area (Å²) < 4.78 is 14.4. The van der Waals surface area contributed by atoms with Crippen LogP contribution >= 0.6 is 15.9 Å². The number of ketones is 1. The Labute approximate surface area is 178 Å². The van der Waals surface area contributed by atoms with E-state index in [4.69, 9.17) is 9.47 Å². The third-order valence-electron chi connectivity index (χ3n) is 5.04. The fourth-order valence-electron chi connectivity index (χ4n) is 3.59. The summed E-state index contributed by atoms with van der Waals surface area (Å²) in [6.45, 7) is 1.91. The Balaban J connectivity index is 1.73. The molecule has 0 bridgehead atoms. The van der Waals surface area contributed by atoms with Crippen LogP contribution in [0.25, 0.3) is 17.0 Å². The number of aryl methyl sites for hydroxylation is 1. The van der Waals surface area contributed by atoms with Crippen molar-refractivity contribution in [2.45, 2.75) is 13.0 Å². The average molecular weight is 455 g/mol. The second kappa shape index (κ2) is 8.05. The Morgan fingerprint density at radius 1 is 1.21 bits per heavy atom. The summed E-state index contributed by atoms with van der Waals surface area (Å²) >= 11 is 3.43. The van der Waals surface area contributed by atoms with Crippen molar-refractivity contribution in [2.24, 2.45) is 0 Å². The molecule has 0 radical (unpaired) electrons. The smallest absolute Gasteiger partial charge is 0.231 e. The number of carbonyl (C=O) groups excluding carboxylic acids is 1. The molecule has 0 N–H and O–H groups in total. The van der Waals surface area contributed by atoms with Gasteiger partial charge < -0.3 is 18.9 Å². The molecule has 5 nitrogen and oxygen atoms in total. The van der Waals surface area contributed by atoms with E-state index in [1.54, 1.807) is 13.2 Å². The van der Waals surface area contributed by atoms with Gasteiger partial charge in [0.05, 0.1) is 12.7 Å². The molecule has 0 unspecified atom stereocenters. The Bertz CT molecular complexity index is 1110. The largest absolute Gasteiger partial charge is 0.497 e. The van der Waals surface area contributed by atoms with E-state index in [1.807, 2.05) is 30.3 Å². The zero-order valence-electron chi connectivity index (χ0n) is 16.7. The number of hydrogen-bond acceptors (Lipinski definition) is 4. The number of aromatic nitrogens is 1. The van der Waals surface area contributed by atoms with E-state index in [0.717, 1.165) is 46.2 Å². The highest BCUT2D eigenvalue weighted by Gasteiger charge is 2.27. The maximum atomic E-state index is 12.8. The molecule has 0 atom stereocenters. The summed E-state index contributed by atoms with van der Waals surface area (Å²) in [6.07, 6.45) is 4.95. The predicted octanol–water partition coefficient (Wildman–Crippen LogP) is 4.98. The Kier molecular flexibility index (Phi) is 5.48. The molecule has 2 heterocycles. The fraction of sp³-hybridized carbons (Fsp3) is 0.261. The van der Waals surface area contributed by atoms with E-state index >= 15 is 0 Å². The van der Waals surface area contributed by atoms with E-state index in [9.17, 15) is 4.79 Å². The first-order valence-electron chi connectivity index (χ1n) is 9.51. The predicted molar refractivity (Wildman–Crippen MR) is 119 cm³/mol. The topological polar surface area (TPSA) is 43.7 Å². The lowest BCUT2D eigenvalue weighted by Gasteiger charge is -2.10. The minimum absolute atomic E-state index is 0.0936. The minimum Gasteiger partial charge on any atom is -0.497 e. The molecule has 6 heteroatoms. The van der Waals surface area contributed by atoms with Crippen LogP contribution in [0.1, 0.15) is 22.3 Å². The summed E-state index contributed by atoms with van der Waals surface area (Å²) in [5, 5.41) is 1.04. The van der Waals surface area contributed by atoms with Gasteiger partial charge in [0.15, 0.2) is 5.76 Å². The van der Waals surface area contributed by atoms with Gasteiger partial charge >= 0.3 is 0 Å². The first-order valence-corrected chi connectivity index (χ1v) is 10.3. The maximum absolute atomic E-state index is 12.8. The molecule has 0 spiro atoms. The van der Waals surface area contributed by atoms with Crippen LogP contribution in [0.3, 0.4) is 0 Å². The van der Waals surface area contributed by atoms with Gasteiger partial charge in [0.2, 0.25) is 5.78 Å². The third-order valence-corrected chi connectivity index (χ3v) is 5.54. The van der Waals surface area contributed by atoms with Gasteiger partial charge in [-0.15, -0.1) is 0 Å².